The molecule has 2 heterocycles. The van der Waals surface area contributed by atoms with Gasteiger partial charge in [0.1, 0.15) is 0 Å². The molecule has 5 heteroatoms. The lowest BCUT2D eigenvalue weighted by Crippen LogP contribution is -2.26. The lowest BCUT2D eigenvalue weighted by Gasteiger charge is -2.16. The lowest BCUT2D eigenvalue weighted by molar-refractivity contribution is 0.0785. The second kappa shape index (κ2) is 5.54. The quantitative estimate of drug-likeness (QED) is 0.808. The molecule has 21 heavy (non-hydrogen) atoms. The van der Waals surface area contributed by atoms with Crippen molar-refractivity contribution in [2.45, 2.75) is 6.54 Å². The summed E-state index contributed by atoms with van der Waals surface area (Å²) in [5, 5.41) is 3.27. The molecule has 0 radical (unpaired) electrons. The molecular formula is C16H14N2O2S. The topological polar surface area (TPSA) is 53.2 Å². The zero-order valence-electron chi connectivity index (χ0n) is 11.5. The van der Waals surface area contributed by atoms with Crippen LogP contribution in [0.1, 0.15) is 15.9 Å². The molecule has 0 atom stereocenters. The molecule has 106 valence electrons. The summed E-state index contributed by atoms with van der Waals surface area (Å²) in [6.45, 7) is 0.544. The number of fused-ring (bicyclic) bond motifs is 1. The van der Waals surface area contributed by atoms with Gasteiger partial charge in [0, 0.05) is 30.6 Å². The van der Waals surface area contributed by atoms with Crippen molar-refractivity contribution >= 4 is 27.3 Å². The number of nitrogens with one attached hydrogen (secondary N) is 1. The van der Waals surface area contributed by atoms with Crippen LogP contribution in [0.4, 0.5) is 0 Å². The molecule has 1 N–H and O–H groups in total. The smallest absolute Gasteiger partial charge is 0.255 e. The van der Waals surface area contributed by atoms with Gasteiger partial charge in [0.2, 0.25) is 5.56 Å². The van der Waals surface area contributed by atoms with Crippen molar-refractivity contribution in [2.75, 3.05) is 7.05 Å². The van der Waals surface area contributed by atoms with Crippen molar-refractivity contribution in [3.05, 3.63) is 69.5 Å². The van der Waals surface area contributed by atoms with E-state index in [1.165, 1.54) is 22.3 Å². The molecule has 0 fully saturated rings. The van der Waals surface area contributed by atoms with E-state index in [1.807, 2.05) is 12.1 Å². The Morgan fingerprint density at radius 2 is 2.05 bits per heavy atom. The lowest BCUT2D eigenvalue weighted by atomic mass is 10.1. The molecule has 0 spiro atoms. The number of aromatic amines is 1. The zero-order chi connectivity index (χ0) is 14.8. The number of carbonyl (C=O) groups excluding carboxylic acids is 1. The fraction of sp³-hybridized carbons (Fsp3) is 0.125. The second-order valence-electron chi connectivity index (χ2n) is 4.86. The largest absolute Gasteiger partial charge is 0.337 e. The van der Waals surface area contributed by atoms with Gasteiger partial charge < -0.3 is 9.88 Å². The summed E-state index contributed by atoms with van der Waals surface area (Å²) < 4.78 is 1.22. The average molecular weight is 298 g/mol. The highest BCUT2D eigenvalue weighted by Crippen LogP contribution is 2.26. The van der Waals surface area contributed by atoms with Gasteiger partial charge in [0.05, 0.1) is 5.56 Å². The maximum absolute atomic E-state index is 12.3. The summed E-state index contributed by atoms with van der Waals surface area (Å²) in [5.41, 5.74) is 1.41. The number of benzene rings is 1. The minimum atomic E-state index is -0.210. The minimum absolute atomic E-state index is 0.110. The van der Waals surface area contributed by atoms with Crippen molar-refractivity contribution in [3.8, 4) is 0 Å². The molecule has 0 saturated heterocycles. The first-order valence-corrected chi connectivity index (χ1v) is 7.42. The molecule has 4 nitrogen and oxygen atoms in total. The standard InChI is InChI=1S/C16H14N2O2S/c1-18(16(20)11-6-7-15(19)17-8-11)9-12-10-21-14-5-3-2-4-13(12)14/h2-8,10H,9H2,1H3,(H,17,19). The van der Waals surface area contributed by atoms with Crippen LogP contribution in [0.25, 0.3) is 10.1 Å². The van der Waals surface area contributed by atoms with Crippen LogP contribution in [0, 0.1) is 0 Å². The molecule has 3 rings (SSSR count). The maximum atomic E-state index is 12.3. The van der Waals surface area contributed by atoms with E-state index in [0.717, 1.165) is 5.56 Å². The number of H-pyrrole nitrogens is 1. The number of carbonyl (C=O) groups is 1. The average Bonchev–Trinajstić information content (AvgIpc) is 2.91. The highest BCUT2D eigenvalue weighted by molar-refractivity contribution is 7.17. The number of hydrogen-bond donors (Lipinski definition) is 1. The number of amides is 1. The predicted molar refractivity (Wildman–Crippen MR) is 84.7 cm³/mol. The number of pyridine rings is 1. The van der Waals surface area contributed by atoms with Crippen molar-refractivity contribution < 1.29 is 4.79 Å². The molecule has 0 bridgehead atoms. The first-order valence-electron chi connectivity index (χ1n) is 6.54. The fourth-order valence-corrected chi connectivity index (χ4v) is 3.20. The third-order valence-electron chi connectivity index (χ3n) is 3.35. The van der Waals surface area contributed by atoms with E-state index in [2.05, 4.69) is 22.5 Å². The Bertz CT molecular complexity index is 830. The Hall–Kier alpha value is -2.40. The minimum Gasteiger partial charge on any atom is -0.337 e. The van der Waals surface area contributed by atoms with Crippen molar-refractivity contribution in [3.63, 3.8) is 0 Å². The van der Waals surface area contributed by atoms with Crippen LogP contribution in [0.15, 0.2) is 52.8 Å². The van der Waals surface area contributed by atoms with Crippen LogP contribution in [-0.2, 0) is 6.54 Å². The molecule has 0 aliphatic carbocycles. The summed E-state index contributed by atoms with van der Waals surface area (Å²) in [5.74, 6) is -0.110. The van der Waals surface area contributed by atoms with Gasteiger partial charge >= 0.3 is 0 Å². The number of rotatable bonds is 3. The SMILES string of the molecule is CN(Cc1csc2ccccc12)C(=O)c1ccc(=O)[nH]c1. The summed E-state index contributed by atoms with van der Waals surface area (Å²) in [6, 6.07) is 11.1. The number of hydrogen-bond acceptors (Lipinski definition) is 3. The van der Waals surface area contributed by atoms with E-state index in [-0.39, 0.29) is 11.5 Å². The molecule has 0 aliphatic rings. The van der Waals surface area contributed by atoms with Crippen LogP contribution in [-0.4, -0.2) is 22.8 Å². The molecule has 1 amide bonds. The van der Waals surface area contributed by atoms with E-state index in [4.69, 9.17) is 0 Å². The Morgan fingerprint density at radius 1 is 1.24 bits per heavy atom. The third kappa shape index (κ3) is 2.73. The molecule has 1 aromatic carbocycles. The van der Waals surface area contributed by atoms with Gasteiger partial charge in [-0.1, -0.05) is 18.2 Å². The third-order valence-corrected chi connectivity index (χ3v) is 4.36. The Morgan fingerprint density at radius 3 is 2.81 bits per heavy atom. The molecule has 3 aromatic rings. The van der Waals surface area contributed by atoms with E-state index in [0.29, 0.717) is 12.1 Å². The van der Waals surface area contributed by atoms with Gasteiger partial charge in [-0.3, -0.25) is 9.59 Å². The first kappa shape index (κ1) is 13.6. The zero-order valence-corrected chi connectivity index (χ0v) is 12.3. The number of thiophene rings is 1. The maximum Gasteiger partial charge on any atom is 0.255 e. The highest BCUT2D eigenvalue weighted by Gasteiger charge is 2.14. The molecular weight excluding hydrogens is 284 g/mol. The van der Waals surface area contributed by atoms with Gasteiger partial charge in [0.25, 0.3) is 5.91 Å². The molecule has 0 aliphatic heterocycles. The van der Waals surface area contributed by atoms with Gasteiger partial charge in [-0.15, -0.1) is 11.3 Å². The Labute approximate surface area is 125 Å². The van der Waals surface area contributed by atoms with Crippen LogP contribution < -0.4 is 5.56 Å². The highest BCUT2D eigenvalue weighted by atomic mass is 32.1. The van der Waals surface area contributed by atoms with E-state index >= 15 is 0 Å². The summed E-state index contributed by atoms with van der Waals surface area (Å²) in [4.78, 5) is 27.5. The number of aromatic nitrogens is 1. The summed E-state index contributed by atoms with van der Waals surface area (Å²) >= 11 is 1.68. The normalized spacial score (nSPS) is 10.7. The van der Waals surface area contributed by atoms with Crippen LogP contribution in [0.5, 0.6) is 0 Å². The number of nitrogens with zero attached hydrogens (tertiary/aromatic N) is 1. The fourth-order valence-electron chi connectivity index (χ4n) is 2.25. The van der Waals surface area contributed by atoms with Crippen molar-refractivity contribution in [2.24, 2.45) is 0 Å². The van der Waals surface area contributed by atoms with Gasteiger partial charge in [0.15, 0.2) is 0 Å². The summed E-state index contributed by atoms with van der Waals surface area (Å²) in [7, 11) is 1.76. The van der Waals surface area contributed by atoms with Gasteiger partial charge in [-0.25, -0.2) is 0 Å². The van der Waals surface area contributed by atoms with Crippen LogP contribution in [0.3, 0.4) is 0 Å². The second-order valence-corrected chi connectivity index (χ2v) is 5.77. The van der Waals surface area contributed by atoms with E-state index in [1.54, 1.807) is 29.4 Å². The summed E-state index contributed by atoms with van der Waals surface area (Å²) in [6.07, 6.45) is 1.45. The van der Waals surface area contributed by atoms with Gasteiger partial charge in [-0.2, -0.15) is 0 Å². The first-order chi connectivity index (χ1) is 10.1. The van der Waals surface area contributed by atoms with Crippen molar-refractivity contribution in [1.29, 1.82) is 0 Å². The van der Waals surface area contributed by atoms with E-state index < -0.39 is 0 Å². The molecule has 2 aromatic heterocycles. The van der Waals surface area contributed by atoms with E-state index in [9.17, 15) is 9.59 Å². The molecule has 0 unspecified atom stereocenters. The monoisotopic (exact) mass is 298 g/mol. The van der Waals surface area contributed by atoms with Crippen LogP contribution >= 0.6 is 11.3 Å². The van der Waals surface area contributed by atoms with Crippen molar-refractivity contribution in [1.82, 2.24) is 9.88 Å². The molecule has 0 saturated carbocycles. The Kier molecular flexibility index (Phi) is 3.58. The Balaban J connectivity index is 1.82. The van der Waals surface area contributed by atoms with Crippen LogP contribution in [0.2, 0.25) is 0 Å². The van der Waals surface area contributed by atoms with Gasteiger partial charge in [-0.05, 0) is 28.5 Å². The predicted octanol–water partition coefficient (Wildman–Crippen LogP) is 2.86.